The molecule has 0 spiro atoms. The Labute approximate surface area is 75.5 Å². The normalized spacial score (nSPS) is 11.6. The molecule has 0 unspecified atom stereocenters. The lowest BCUT2D eigenvalue weighted by Crippen LogP contribution is -2.24. The van der Waals surface area contributed by atoms with Crippen molar-refractivity contribution in [3.8, 4) is 0 Å². The smallest absolute Gasteiger partial charge is 0.184 e. The Kier molecular flexibility index (Phi) is 3.06. The number of rotatable bonds is 3. The average molecular weight is 179 g/mol. The molecule has 0 aliphatic heterocycles. The maximum Gasteiger partial charge on any atom is 0.184 e. The van der Waals surface area contributed by atoms with Gasteiger partial charge in [0.2, 0.25) is 0 Å². The summed E-state index contributed by atoms with van der Waals surface area (Å²) >= 11 is 0. The van der Waals surface area contributed by atoms with Crippen LogP contribution in [0.5, 0.6) is 0 Å². The minimum atomic E-state index is -1.35. The van der Waals surface area contributed by atoms with E-state index in [1.54, 1.807) is 0 Å². The highest BCUT2D eigenvalue weighted by Crippen LogP contribution is 2.07. The molecule has 0 bridgehead atoms. The third-order valence-electron chi connectivity index (χ3n) is 1.46. The highest BCUT2D eigenvalue weighted by molar-refractivity contribution is 6.69. The molecule has 0 aromatic heterocycles. The first-order valence-corrected chi connectivity index (χ1v) is 7.58. The van der Waals surface area contributed by atoms with Crippen LogP contribution in [0.2, 0.25) is 19.6 Å². The molecule has 0 saturated heterocycles. The van der Waals surface area contributed by atoms with Crippen molar-refractivity contribution >= 4 is 8.32 Å². The van der Waals surface area contributed by atoms with Crippen LogP contribution in [0.4, 0.5) is 0 Å². The summed E-state index contributed by atoms with van der Waals surface area (Å²) in [5.41, 5.74) is 1.23. The van der Waals surface area contributed by atoms with Crippen LogP contribution in [0.25, 0.3) is 0 Å². The van der Waals surface area contributed by atoms with Crippen molar-refractivity contribution in [3.05, 3.63) is 35.9 Å². The van der Waals surface area contributed by atoms with Gasteiger partial charge in [-0.25, -0.2) is 0 Å². The lowest BCUT2D eigenvalue weighted by molar-refractivity contribution is 0.299. The Hall–Kier alpha value is -0.603. The molecule has 0 aliphatic rings. The van der Waals surface area contributed by atoms with Gasteiger partial charge in [0, 0.05) is 0 Å². The predicted molar refractivity (Wildman–Crippen MR) is 53.4 cm³/mol. The molecule has 0 saturated carbocycles. The van der Waals surface area contributed by atoms with Crippen LogP contribution in [-0.4, -0.2) is 8.32 Å². The summed E-state index contributed by atoms with van der Waals surface area (Å²) < 4.78 is 5.74. The first-order chi connectivity index (χ1) is 5.58. The first-order valence-electron chi connectivity index (χ1n) is 4.17. The molecule has 1 aromatic rings. The fraction of sp³-hybridized carbons (Fsp3) is 0.400. The lowest BCUT2D eigenvalue weighted by atomic mass is 10.2. The van der Waals surface area contributed by atoms with Crippen molar-refractivity contribution < 1.29 is 4.43 Å². The molecule has 0 atom stereocenters. The number of hydrogen-bond acceptors (Lipinski definition) is 1. The third kappa shape index (κ3) is 3.69. The molecule has 1 aromatic carbocycles. The van der Waals surface area contributed by atoms with Gasteiger partial charge in [-0.15, -0.1) is 0 Å². The summed E-state index contributed by atoms with van der Waals surface area (Å²) in [5.74, 6) is 0. The summed E-state index contributed by atoms with van der Waals surface area (Å²) in [6.07, 6.45) is 0. The Morgan fingerprint density at radius 3 is 2.33 bits per heavy atom. The summed E-state index contributed by atoms with van der Waals surface area (Å²) in [7, 11) is -1.35. The zero-order valence-corrected chi connectivity index (χ0v) is 8.92. The fourth-order valence-electron chi connectivity index (χ4n) is 0.817. The Morgan fingerprint density at radius 2 is 1.83 bits per heavy atom. The van der Waals surface area contributed by atoms with E-state index in [9.17, 15) is 0 Å². The number of benzene rings is 1. The lowest BCUT2D eigenvalue weighted by Gasteiger charge is -2.16. The van der Waals surface area contributed by atoms with Gasteiger partial charge in [-0.3, -0.25) is 0 Å². The van der Waals surface area contributed by atoms with Crippen molar-refractivity contribution in [2.45, 2.75) is 26.2 Å². The van der Waals surface area contributed by atoms with Crippen LogP contribution in [0.3, 0.4) is 0 Å². The first kappa shape index (κ1) is 9.48. The molecule has 0 N–H and O–H groups in total. The van der Waals surface area contributed by atoms with Gasteiger partial charge < -0.3 is 4.43 Å². The minimum Gasteiger partial charge on any atom is -0.413 e. The molecule has 1 nitrogen and oxygen atoms in total. The third-order valence-corrected chi connectivity index (χ3v) is 2.47. The minimum absolute atomic E-state index is 0.740. The van der Waals surface area contributed by atoms with E-state index in [-0.39, 0.29) is 0 Å². The molecule has 0 aliphatic carbocycles. The highest BCUT2D eigenvalue weighted by atomic mass is 28.4. The van der Waals surface area contributed by atoms with Gasteiger partial charge in [-0.2, -0.15) is 0 Å². The van der Waals surface area contributed by atoms with Crippen molar-refractivity contribution in [1.29, 1.82) is 0 Å². The molecule has 12 heavy (non-hydrogen) atoms. The van der Waals surface area contributed by atoms with Gasteiger partial charge in [0.15, 0.2) is 8.32 Å². The molecular weight excluding hydrogens is 164 g/mol. The summed E-state index contributed by atoms with van der Waals surface area (Å²) in [5, 5.41) is 0. The van der Waals surface area contributed by atoms with Crippen LogP contribution in [-0.2, 0) is 11.0 Å². The van der Waals surface area contributed by atoms with E-state index in [0.717, 1.165) is 6.61 Å². The van der Waals surface area contributed by atoms with Gasteiger partial charge >= 0.3 is 0 Å². The van der Waals surface area contributed by atoms with E-state index in [1.807, 2.05) is 24.3 Å². The second-order valence-electron chi connectivity index (χ2n) is 3.81. The maximum absolute atomic E-state index is 5.74. The van der Waals surface area contributed by atoms with E-state index in [4.69, 9.17) is 4.43 Å². The van der Waals surface area contributed by atoms with Crippen LogP contribution in [0.15, 0.2) is 24.3 Å². The topological polar surface area (TPSA) is 9.23 Å². The van der Waals surface area contributed by atoms with E-state index < -0.39 is 8.32 Å². The van der Waals surface area contributed by atoms with Gasteiger partial charge in [0.05, 0.1) is 6.61 Å². The van der Waals surface area contributed by atoms with Crippen molar-refractivity contribution in [3.63, 3.8) is 0 Å². The summed E-state index contributed by atoms with van der Waals surface area (Å²) in [6.45, 7) is 7.33. The standard InChI is InChI=1S/C10H15OSi/c1-12(2,3)11-9-10-7-5-4-6-8-10/h5-8H,9H2,1-3H3. The van der Waals surface area contributed by atoms with Gasteiger partial charge in [-0.05, 0) is 31.3 Å². The maximum atomic E-state index is 5.74. The van der Waals surface area contributed by atoms with Crippen LogP contribution in [0.1, 0.15) is 5.56 Å². The molecular formula is C10H15OSi. The molecule has 0 amide bonds. The second kappa shape index (κ2) is 3.87. The van der Waals surface area contributed by atoms with Crippen LogP contribution < -0.4 is 0 Å². The SMILES string of the molecule is C[Si](C)(C)OCc1cc[c]cc1. The van der Waals surface area contributed by atoms with E-state index >= 15 is 0 Å². The Morgan fingerprint density at radius 1 is 1.25 bits per heavy atom. The monoisotopic (exact) mass is 179 g/mol. The summed E-state index contributed by atoms with van der Waals surface area (Å²) in [4.78, 5) is 0. The molecule has 1 rings (SSSR count). The van der Waals surface area contributed by atoms with E-state index in [1.165, 1.54) is 5.56 Å². The summed E-state index contributed by atoms with van der Waals surface area (Å²) in [6, 6.07) is 10.9. The average Bonchev–Trinajstić information content (AvgIpc) is 2.02. The van der Waals surface area contributed by atoms with Crippen molar-refractivity contribution in [1.82, 2.24) is 0 Å². The van der Waals surface area contributed by atoms with Crippen LogP contribution >= 0.6 is 0 Å². The zero-order chi connectivity index (χ0) is 9.03. The zero-order valence-electron chi connectivity index (χ0n) is 7.92. The Bertz CT molecular complexity index is 225. The molecule has 2 heteroatoms. The van der Waals surface area contributed by atoms with Crippen LogP contribution in [0, 0.1) is 6.07 Å². The molecule has 65 valence electrons. The second-order valence-corrected chi connectivity index (χ2v) is 8.32. The van der Waals surface area contributed by atoms with Gasteiger partial charge in [0.25, 0.3) is 0 Å². The molecule has 1 radical (unpaired) electrons. The van der Waals surface area contributed by atoms with E-state index in [0.29, 0.717) is 0 Å². The van der Waals surface area contributed by atoms with Gasteiger partial charge in [-0.1, -0.05) is 24.3 Å². The predicted octanol–water partition coefficient (Wildman–Crippen LogP) is 2.84. The van der Waals surface area contributed by atoms with Gasteiger partial charge in [0.1, 0.15) is 0 Å². The largest absolute Gasteiger partial charge is 0.413 e. The number of hydrogen-bond donors (Lipinski definition) is 0. The van der Waals surface area contributed by atoms with E-state index in [2.05, 4.69) is 25.7 Å². The van der Waals surface area contributed by atoms with Crippen molar-refractivity contribution in [2.75, 3.05) is 0 Å². The Balaban J connectivity index is 2.44. The fourth-order valence-corrected chi connectivity index (χ4v) is 1.42. The molecule has 0 heterocycles. The highest BCUT2D eigenvalue weighted by Gasteiger charge is 2.13. The van der Waals surface area contributed by atoms with Crippen molar-refractivity contribution in [2.24, 2.45) is 0 Å². The molecule has 0 fully saturated rings. The quantitative estimate of drug-likeness (QED) is 0.648.